The summed E-state index contributed by atoms with van der Waals surface area (Å²) in [5.41, 5.74) is 1.36. The largest absolute Gasteiger partial charge is 0.469 e. The zero-order chi connectivity index (χ0) is 12.4. The second-order valence-electron chi connectivity index (χ2n) is 5.84. The van der Waals surface area contributed by atoms with Crippen LogP contribution in [0.3, 0.4) is 0 Å². The molecule has 1 heterocycles. The van der Waals surface area contributed by atoms with E-state index in [1.54, 1.807) is 0 Å². The monoisotopic (exact) mass is 249 g/mol. The molecule has 0 bridgehead atoms. The van der Waals surface area contributed by atoms with Gasteiger partial charge < -0.3 is 14.8 Å². The Hall–Kier alpha value is -0.800. The molecule has 100 valence electrons. The molecule has 3 unspecified atom stereocenters. The number of aliphatic hydroxyl groups is 1. The molecule has 0 aromatic carbocycles. The van der Waals surface area contributed by atoms with Crippen LogP contribution in [0.1, 0.15) is 55.9 Å². The number of hydrogen-bond acceptors (Lipinski definition) is 3. The molecular formula is C15H23NO2. The highest BCUT2D eigenvalue weighted by atomic mass is 16.3. The highest BCUT2D eigenvalue weighted by Gasteiger charge is 2.25. The summed E-state index contributed by atoms with van der Waals surface area (Å²) < 4.78 is 5.52. The Morgan fingerprint density at radius 2 is 2.22 bits per heavy atom. The lowest BCUT2D eigenvalue weighted by Crippen LogP contribution is -2.32. The lowest BCUT2D eigenvalue weighted by molar-refractivity contribution is 0.0993. The van der Waals surface area contributed by atoms with Crippen LogP contribution in [0, 0.1) is 5.92 Å². The van der Waals surface area contributed by atoms with E-state index in [9.17, 15) is 5.11 Å². The maximum Gasteiger partial charge on any atom is 0.108 e. The second-order valence-corrected chi connectivity index (χ2v) is 5.84. The Morgan fingerprint density at radius 1 is 1.28 bits per heavy atom. The standard InChI is InChI=1S/C15H23NO2/c17-12-4-1-3-11(9-12)10-16-14-5-2-6-15-13(14)7-8-18-15/h7-8,11-12,14,16-17H,1-6,9-10H2. The van der Waals surface area contributed by atoms with Gasteiger partial charge in [-0.25, -0.2) is 0 Å². The molecule has 0 amide bonds. The lowest BCUT2D eigenvalue weighted by Gasteiger charge is -2.29. The maximum atomic E-state index is 9.70. The molecule has 1 saturated carbocycles. The van der Waals surface area contributed by atoms with Gasteiger partial charge in [-0.15, -0.1) is 0 Å². The molecule has 0 saturated heterocycles. The predicted molar refractivity (Wildman–Crippen MR) is 70.4 cm³/mol. The zero-order valence-electron chi connectivity index (χ0n) is 10.9. The number of aryl methyl sites for hydroxylation is 1. The summed E-state index contributed by atoms with van der Waals surface area (Å²) in [7, 11) is 0. The summed E-state index contributed by atoms with van der Waals surface area (Å²) in [6, 6.07) is 2.58. The van der Waals surface area contributed by atoms with E-state index in [1.807, 2.05) is 6.26 Å². The highest BCUT2D eigenvalue weighted by molar-refractivity contribution is 5.23. The van der Waals surface area contributed by atoms with E-state index in [0.29, 0.717) is 12.0 Å². The van der Waals surface area contributed by atoms with Crippen molar-refractivity contribution in [1.82, 2.24) is 5.32 Å². The topological polar surface area (TPSA) is 45.4 Å². The van der Waals surface area contributed by atoms with Gasteiger partial charge >= 0.3 is 0 Å². The molecule has 1 fully saturated rings. The first-order chi connectivity index (χ1) is 8.83. The van der Waals surface area contributed by atoms with Crippen LogP contribution in [0.2, 0.25) is 0 Å². The maximum absolute atomic E-state index is 9.70. The van der Waals surface area contributed by atoms with E-state index in [4.69, 9.17) is 4.42 Å². The van der Waals surface area contributed by atoms with Crippen molar-refractivity contribution in [2.75, 3.05) is 6.54 Å². The van der Waals surface area contributed by atoms with Gasteiger partial charge in [0.1, 0.15) is 5.76 Å². The van der Waals surface area contributed by atoms with Crippen molar-refractivity contribution < 1.29 is 9.52 Å². The van der Waals surface area contributed by atoms with Gasteiger partial charge in [-0.2, -0.15) is 0 Å². The number of aliphatic hydroxyl groups excluding tert-OH is 1. The molecule has 2 aliphatic carbocycles. The Morgan fingerprint density at radius 3 is 3.11 bits per heavy atom. The van der Waals surface area contributed by atoms with Gasteiger partial charge in [0.05, 0.1) is 12.4 Å². The van der Waals surface area contributed by atoms with Crippen molar-refractivity contribution in [2.24, 2.45) is 5.92 Å². The summed E-state index contributed by atoms with van der Waals surface area (Å²) in [6.45, 7) is 1.03. The Labute approximate surface area is 109 Å². The van der Waals surface area contributed by atoms with Crippen LogP contribution >= 0.6 is 0 Å². The fourth-order valence-corrected chi connectivity index (χ4v) is 3.46. The van der Waals surface area contributed by atoms with Crippen molar-refractivity contribution in [1.29, 1.82) is 0 Å². The minimum absolute atomic E-state index is 0.0682. The van der Waals surface area contributed by atoms with Crippen molar-refractivity contribution in [3.05, 3.63) is 23.7 Å². The van der Waals surface area contributed by atoms with Crippen LogP contribution in [0.5, 0.6) is 0 Å². The number of nitrogens with one attached hydrogen (secondary N) is 1. The summed E-state index contributed by atoms with van der Waals surface area (Å²) in [5.74, 6) is 1.81. The Balaban J connectivity index is 1.55. The molecule has 3 atom stereocenters. The third-order valence-electron chi connectivity index (χ3n) is 4.46. The lowest BCUT2D eigenvalue weighted by atomic mass is 9.86. The molecule has 18 heavy (non-hydrogen) atoms. The van der Waals surface area contributed by atoms with Gasteiger partial charge in [-0.1, -0.05) is 6.42 Å². The minimum atomic E-state index is -0.0682. The van der Waals surface area contributed by atoms with Crippen molar-refractivity contribution in [3.8, 4) is 0 Å². The van der Waals surface area contributed by atoms with E-state index >= 15 is 0 Å². The summed E-state index contributed by atoms with van der Waals surface area (Å²) in [5, 5.41) is 13.4. The summed E-state index contributed by atoms with van der Waals surface area (Å²) in [6.07, 6.45) is 9.65. The SMILES string of the molecule is OC1CCCC(CNC2CCCc3occc32)C1. The molecule has 0 radical (unpaired) electrons. The van der Waals surface area contributed by atoms with E-state index < -0.39 is 0 Å². The van der Waals surface area contributed by atoms with Crippen LogP contribution in [-0.4, -0.2) is 17.8 Å². The summed E-state index contributed by atoms with van der Waals surface area (Å²) in [4.78, 5) is 0. The van der Waals surface area contributed by atoms with E-state index in [-0.39, 0.29) is 6.10 Å². The Bertz CT molecular complexity index is 388. The van der Waals surface area contributed by atoms with Gasteiger partial charge in [-0.05, 0) is 50.6 Å². The van der Waals surface area contributed by atoms with Crippen LogP contribution in [0.4, 0.5) is 0 Å². The molecule has 1 aromatic heterocycles. The molecule has 0 spiro atoms. The van der Waals surface area contributed by atoms with Crippen LogP contribution < -0.4 is 5.32 Å². The molecular weight excluding hydrogens is 226 g/mol. The van der Waals surface area contributed by atoms with Crippen LogP contribution in [-0.2, 0) is 6.42 Å². The van der Waals surface area contributed by atoms with Gasteiger partial charge in [0.15, 0.2) is 0 Å². The molecule has 3 rings (SSSR count). The summed E-state index contributed by atoms with van der Waals surface area (Å²) >= 11 is 0. The second kappa shape index (κ2) is 5.45. The van der Waals surface area contributed by atoms with E-state index in [0.717, 1.165) is 25.8 Å². The number of furan rings is 1. The zero-order valence-corrected chi connectivity index (χ0v) is 10.9. The number of rotatable bonds is 3. The number of hydrogen-bond donors (Lipinski definition) is 2. The smallest absolute Gasteiger partial charge is 0.108 e. The van der Waals surface area contributed by atoms with E-state index in [2.05, 4.69) is 11.4 Å². The average Bonchev–Trinajstić information content (AvgIpc) is 2.85. The fraction of sp³-hybridized carbons (Fsp3) is 0.733. The minimum Gasteiger partial charge on any atom is -0.469 e. The molecule has 3 nitrogen and oxygen atoms in total. The van der Waals surface area contributed by atoms with Gasteiger partial charge in [0, 0.05) is 18.0 Å². The predicted octanol–water partition coefficient (Wildman–Crippen LogP) is 2.80. The molecule has 2 aliphatic rings. The third-order valence-corrected chi connectivity index (χ3v) is 4.46. The molecule has 1 aromatic rings. The van der Waals surface area contributed by atoms with Crippen molar-refractivity contribution in [2.45, 2.75) is 57.1 Å². The van der Waals surface area contributed by atoms with Crippen molar-refractivity contribution >= 4 is 0 Å². The van der Waals surface area contributed by atoms with Crippen LogP contribution in [0.25, 0.3) is 0 Å². The number of fused-ring (bicyclic) bond motifs is 1. The van der Waals surface area contributed by atoms with Gasteiger partial charge in [0.2, 0.25) is 0 Å². The fourth-order valence-electron chi connectivity index (χ4n) is 3.46. The Kier molecular flexibility index (Phi) is 3.71. The molecule has 3 heteroatoms. The quantitative estimate of drug-likeness (QED) is 0.866. The van der Waals surface area contributed by atoms with Crippen LogP contribution in [0.15, 0.2) is 16.7 Å². The highest BCUT2D eigenvalue weighted by Crippen LogP contribution is 2.31. The first kappa shape index (κ1) is 12.2. The van der Waals surface area contributed by atoms with E-state index in [1.165, 1.54) is 37.0 Å². The molecule has 0 aliphatic heterocycles. The van der Waals surface area contributed by atoms with Crippen molar-refractivity contribution in [3.63, 3.8) is 0 Å². The normalized spacial score (nSPS) is 32.2. The molecule has 2 N–H and O–H groups in total. The first-order valence-corrected chi connectivity index (χ1v) is 7.30. The van der Waals surface area contributed by atoms with Gasteiger partial charge in [0.25, 0.3) is 0 Å². The third kappa shape index (κ3) is 2.62. The average molecular weight is 249 g/mol. The first-order valence-electron chi connectivity index (χ1n) is 7.30. The van der Waals surface area contributed by atoms with Gasteiger partial charge in [-0.3, -0.25) is 0 Å².